The van der Waals surface area contributed by atoms with Crippen LogP contribution in [0.3, 0.4) is 0 Å². The van der Waals surface area contributed by atoms with E-state index in [2.05, 4.69) is 19.3 Å². The first kappa shape index (κ1) is 12.0. The molecule has 0 aromatic carbocycles. The van der Waals surface area contributed by atoms with Crippen LogP contribution in [-0.2, 0) is 4.74 Å². The number of ether oxygens (including phenoxy) is 1. The molecule has 1 rings (SSSR count). The standard InChI is InChI=1S/C12H25NO/c1-3-14-10-12-8-6-4-5-7-11(12)9-13-2/h11-13H,3-10H2,1-2H3. The molecule has 1 N–H and O–H groups in total. The van der Waals surface area contributed by atoms with Crippen LogP contribution in [0.4, 0.5) is 0 Å². The average Bonchev–Trinajstić information content (AvgIpc) is 2.41. The minimum Gasteiger partial charge on any atom is -0.381 e. The van der Waals surface area contributed by atoms with Crippen molar-refractivity contribution in [2.45, 2.75) is 39.0 Å². The number of rotatable bonds is 5. The van der Waals surface area contributed by atoms with Gasteiger partial charge in [-0.3, -0.25) is 0 Å². The lowest BCUT2D eigenvalue weighted by molar-refractivity contribution is 0.0821. The predicted octanol–water partition coefficient (Wildman–Crippen LogP) is 2.44. The van der Waals surface area contributed by atoms with E-state index in [4.69, 9.17) is 4.74 Å². The maximum absolute atomic E-state index is 5.58. The van der Waals surface area contributed by atoms with Crippen molar-refractivity contribution in [3.63, 3.8) is 0 Å². The Hall–Kier alpha value is -0.0800. The molecule has 1 aliphatic rings. The Bertz CT molecular complexity index is 138. The lowest BCUT2D eigenvalue weighted by Crippen LogP contribution is -2.28. The van der Waals surface area contributed by atoms with Gasteiger partial charge in [0.25, 0.3) is 0 Å². The van der Waals surface area contributed by atoms with Crippen molar-refractivity contribution in [3.05, 3.63) is 0 Å². The monoisotopic (exact) mass is 199 g/mol. The Labute approximate surface area is 88.4 Å². The third kappa shape index (κ3) is 3.97. The van der Waals surface area contributed by atoms with E-state index in [1.165, 1.54) is 32.1 Å². The van der Waals surface area contributed by atoms with Crippen LogP contribution in [0.15, 0.2) is 0 Å². The van der Waals surface area contributed by atoms with Crippen LogP contribution in [0.5, 0.6) is 0 Å². The van der Waals surface area contributed by atoms with Gasteiger partial charge in [0.2, 0.25) is 0 Å². The lowest BCUT2D eigenvalue weighted by Gasteiger charge is -2.24. The van der Waals surface area contributed by atoms with Gasteiger partial charge in [0.15, 0.2) is 0 Å². The minimum absolute atomic E-state index is 0.796. The van der Waals surface area contributed by atoms with Crippen molar-refractivity contribution in [1.29, 1.82) is 0 Å². The summed E-state index contributed by atoms with van der Waals surface area (Å²) in [6, 6.07) is 0. The first-order chi connectivity index (χ1) is 6.88. The zero-order chi connectivity index (χ0) is 10.2. The van der Waals surface area contributed by atoms with Gasteiger partial charge in [0, 0.05) is 13.2 Å². The highest BCUT2D eigenvalue weighted by atomic mass is 16.5. The van der Waals surface area contributed by atoms with Gasteiger partial charge in [-0.25, -0.2) is 0 Å². The largest absolute Gasteiger partial charge is 0.381 e. The molecule has 84 valence electrons. The van der Waals surface area contributed by atoms with Crippen LogP contribution >= 0.6 is 0 Å². The van der Waals surface area contributed by atoms with Gasteiger partial charge in [-0.1, -0.05) is 19.3 Å². The van der Waals surface area contributed by atoms with Gasteiger partial charge in [0.05, 0.1) is 0 Å². The zero-order valence-corrected chi connectivity index (χ0v) is 9.72. The van der Waals surface area contributed by atoms with E-state index >= 15 is 0 Å². The van der Waals surface area contributed by atoms with E-state index < -0.39 is 0 Å². The first-order valence-corrected chi connectivity index (χ1v) is 6.10. The summed E-state index contributed by atoms with van der Waals surface area (Å²) in [7, 11) is 2.06. The van der Waals surface area contributed by atoms with E-state index in [-0.39, 0.29) is 0 Å². The molecule has 0 amide bonds. The number of nitrogens with one attached hydrogen (secondary N) is 1. The summed E-state index contributed by atoms with van der Waals surface area (Å²) < 4.78 is 5.58. The smallest absolute Gasteiger partial charge is 0.0497 e. The van der Waals surface area contributed by atoms with Crippen LogP contribution in [0.1, 0.15) is 39.0 Å². The molecule has 1 fully saturated rings. The Morgan fingerprint density at radius 2 is 1.86 bits per heavy atom. The topological polar surface area (TPSA) is 21.3 Å². The summed E-state index contributed by atoms with van der Waals surface area (Å²) in [4.78, 5) is 0. The molecule has 0 aromatic rings. The van der Waals surface area contributed by atoms with Crippen LogP contribution in [0.25, 0.3) is 0 Å². The fraction of sp³-hybridized carbons (Fsp3) is 1.00. The van der Waals surface area contributed by atoms with Gasteiger partial charge in [-0.05, 0) is 45.2 Å². The molecule has 2 atom stereocenters. The molecule has 0 bridgehead atoms. The zero-order valence-electron chi connectivity index (χ0n) is 9.72. The molecule has 0 radical (unpaired) electrons. The Morgan fingerprint density at radius 3 is 2.50 bits per heavy atom. The molecule has 0 aromatic heterocycles. The lowest BCUT2D eigenvalue weighted by atomic mass is 9.88. The van der Waals surface area contributed by atoms with E-state index in [1.807, 2.05) is 0 Å². The van der Waals surface area contributed by atoms with E-state index in [9.17, 15) is 0 Å². The molecule has 2 nitrogen and oxygen atoms in total. The molecule has 0 aliphatic heterocycles. The average molecular weight is 199 g/mol. The van der Waals surface area contributed by atoms with E-state index in [0.717, 1.165) is 31.6 Å². The minimum atomic E-state index is 0.796. The molecular formula is C12H25NO. The van der Waals surface area contributed by atoms with Gasteiger partial charge < -0.3 is 10.1 Å². The summed E-state index contributed by atoms with van der Waals surface area (Å²) in [5.74, 6) is 1.64. The maximum Gasteiger partial charge on any atom is 0.0497 e. The van der Waals surface area contributed by atoms with Crippen LogP contribution in [0.2, 0.25) is 0 Å². The summed E-state index contributed by atoms with van der Waals surface area (Å²) >= 11 is 0. The van der Waals surface area contributed by atoms with Crippen molar-refractivity contribution >= 4 is 0 Å². The first-order valence-electron chi connectivity index (χ1n) is 6.10. The molecule has 2 unspecified atom stereocenters. The molecular weight excluding hydrogens is 174 g/mol. The quantitative estimate of drug-likeness (QED) is 0.687. The summed E-state index contributed by atoms with van der Waals surface area (Å²) in [6.45, 7) is 5.09. The highest BCUT2D eigenvalue weighted by molar-refractivity contribution is 4.75. The normalized spacial score (nSPS) is 28.7. The fourth-order valence-corrected chi connectivity index (χ4v) is 2.48. The maximum atomic E-state index is 5.58. The third-order valence-corrected chi connectivity index (χ3v) is 3.32. The van der Waals surface area contributed by atoms with Crippen molar-refractivity contribution < 1.29 is 4.74 Å². The summed E-state index contributed by atoms with van der Waals surface area (Å²) in [5, 5.41) is 3.32. The Kier molecular flexibility index (Phi) is 6.20. The second-order valence-electron chi connectivity index (χ2n) is 4.38. The van der Waals surface area contributed by atoms with Gasteiger partial charge in [-0.2, -0.15) is 0 Å². The molecule has 0 saturated heterocycles. The molecule has 1 aliphatic carbocycles. The van der Waals surface area contributed by atoms with Gasteiger partial charge in [0.1, 0.15) is 0 Å². The molecule has 0 heterocycles. The number of hydrogen-bond acceptors (Lipinski definition) is 2. The molecule has 0 spiro atoms. The van der Waals surface area contributed by atoms with Crippen LogP contribution in [0, 0.1) is 11.8 Å². The van der Waals surface area contributed by atoms with Crippen molar-refractivity contribution in [1.82, 2.24) is 5.32 Å². The Morgan fingerprint density at radius 1 is 1.14 bits per heavy atom. The van der Waals surface area contributed by atoms with Crippen molar-refractivity contribution in [2.24, 2.45) is 11.8 Å². The fourth-order valence-electron chi connectivity index (χ4n) is 2.48. The van der Waals surface area contributed by atoms with E-state index in [0.29, 0.717) is 0 Å². The van der Waals surface area contributed by atoms with Gasteiger partial charge in [-0.15, -0.1) is 0 Å². The van der Waals surface area contributed by atoms with Crippen LogP contribution < -0.4 is 5.32 Å². The van der Waals surface area contributed by atoms with Crippen molar-refractivity contribution in [3.8, 4) is 0 Å². The number of hydrogen-bond donors (Lipinski definition) is 1. The molecule has 1 saturated carbocycles. The summed E-state index contributed by atoms with van der Waals surface area (Å²) in [6.07, 6.45) is 6.99. The van der Waals surface area contributed by atoms with E-state index in [1.54, 1.807) is 0 Å². The second-order valence-corrected chi connectivity index (χ2v) is 4.38. The highest BCUT2D eigenvalue weighted by Gasteiger charge is 2.22. The van der Waals surface area contributed by atoms with Crippen molar-refractivity contribution in [2.75, 3.05) is 26.8 Å². The van der Waals surface area contributed by atoms with Crippen LogP contribution in [-0.4, -0.2) is 26.8 Å². The van der Waals surface area contributed by atoms with Gasteiger partial charge >= 0.3 is 0 Å². The predicted molar refractivity (Wildman–Crippen MR) is 60.5 cm³/mol. The molecule has 14 heavy (non-hydrogen) atoms. The summed E-state index contributed by atoms with van der Waals surface area (Å²) in [5.41, 5.74) is 0. The molecule has 2 heteroatoms. The third-order valence-electron chi connectivity index (χ3n) is 3.32. The Balaban J connectivity index is 2.37. The SMILES string of the molecule is CCOCC1CCCCCC1CNC. The second kappa shape index (κ2) is 7.24. The highest BCUT2D eigenvalue weighted by Crippen LogP contribution is 2.28.